The summed E-state index contributed by atoms with van der Waals surface area (Å²) >= 11 is 0. The first-order valence-electron chi connectivity index (χ1n) is 7.97. The monoisotopic (exact) mass is 304 g/mol. The Labute approximate surface area is 134 Å². The third-order valence-corrected chi connectivity index (χ3v) is 4.23. The first-order valence-corrected chi connectivity index (χ1v) is 7.97. The highest BCUT2D eigenvalue weighted by molar-refractivity contribution is 5.90. The maximum absolute atomic E-state index is 12.1. The first kappa shape index (κ1) is 16.8. The summed E-state index contributed by atoms with van der Waals surface area (Å²) in [6, 6.07) is 8.80. The van der Waals surface area contributed by atoms with E-state index in [9.17, 15) is 4.79 Å². The maximum Gasteiger partial charge on any atom is 0.338 e. The van der Waals surface area contributed by atoms with E-state index in [2.05, 4.69) is 30.7 Å². The highest BCUT2D eigenvalue weighted by Crippen LogP contribution is 2.22. The summed E-state index contributed by atoms with van der Waals surface area (Å²) in [5, 5.41) is 0. The molecular weight excluding hydrogens is 276 g/mol. The molecule has 0 radical (unpaired) electrons. The van der Waals surface area contributed by atoms with Gasteiger partial charge < -0.3 is 9.64 Å². The van der Waals surface area contributed by atoms with Crippen LogP contribution >= 0.6 is 0 Å². The van der Waals surface area contributed by atoms with Crippen LogP contribution in [0, 0.1) is 0 Å². The molecule has 1 aromatic rings. The van der Waals surface area contributed by atoms with Crippen LogP contribution in [0.5, 0.6) is 0 Å². The van der Waals surface area contributed by atoms with E-state index in [1.54, 1.807) is 0 Å². The van der Waals surface area contributed by atoms with Gasteiger partial charge in [0.2, 0.25) is 0 Å². The van der Waals surface area contributed by atoms with E-state index < -0.39 is 5.60 Å². The normalized spacial score (nSPS) is 23.5. The zero-order valence-corrected chi connectivity index (χ0v) is 14.6. The summed E-state index contributed by atoms with van der Waals surface area (Å²) in [5.74, 6) is -0.265. The van der Waals surface area contributed by atoms with E-state index in [0.29, 0.717) is 17.6 Å². The fraction of sp³-hybridized carbons (Fsp3) is 0.611. The van der Waals surface area contributed by atoms with Gasteiger partial charge in [-0.15, -0.1) is 0 Å². The van der Waals surface area contributed by atoms with Gasteiger partial charge in [0.15, 0.2) is 0 Å². The number of carbonyl (C=O) groups is 1. The molecule has 1 fully saturated rings. The molecule has 22 heavy (non-hydrogen) atoms. The van der Waals surface area contributed by atoms with E-state index in [0.717, 1.165) is 13.1 Å². The molecule has 0 unspecified atom stereocenters. The van der Waals surface area contributed by atoms with Gasteiger partial charge in [0.05, 0.1) is 5.56 Å². The predicted octanol–water partition coefficient (Wildman–Crippen LogP) is 3.17. The highest BCUT2D eigenvalue weighted by Gasteiger charge is 2.26. The first-order chi connectivity index (χ1) is 10.2. The number of hydrogen-bond acceptors (Lipinski definition) is 4. The number of carbonyl (C=O) groups excluding carboxylic acids is 1. The average Bonchev–Trinajstić information content (AvgIpc) is 2.42. The van der Waals surface area contributed by atoms with Crippen LogP contribution < -0.4 is 4.90 Å². The van der Waals surface area contributed by atoms with Crippen molar-refractivity contribution in [2.24, 2.45) is 0 Å². The van der Waals surface area contributed by atoms with Gasteiger partial charge in [0, 0.05) is 30.9 Å². The highest BCUT2D eigenvalue weighted by atomic mass is 16.6. The minimum atomic E-state index is -0.460. The van der Waals surface area contributed by atoms with Gasteiger partial charge in [0.25, 0.3) is 0 Å². The Morgan fingerprint density at radius 1 is 1.09 bits per heavy atom. The number of benzene rings is 1. The number of esters is 1. The number of piperazine rings is 1. The van der Waals surface area contributed by atoms with Gasteiger partial charge in [-0.1, -0.05) is 0 Å². The topological polar surface area (TPSA) is 32.8 Å². The molecule has 1 aromatic carbocycles. The lowest BCUT2D eigenvalue weighted by atomic mass is 10.1. The minimum Gasteiger partial charge on any atom is -0.456 e. The second-order valence-corrected chi connectivity index (χ2v) is 7.32. The Morgan fingerprint density at radius 3 is 2.05 bits per heavy atom. The lowest BCUT2D eigenvalue weighted by Crippen LogP contribution is -2.55. The van der Waals surface area contributed by atoms with Crippen molar-refractivity contribution >= 4 is 11.7 Å². The number of rotatable bonds is 2. The molecular formula is C18H28N2O2. The molecule has 2 rings (SSSR count). The van der Waals surface area contributed by atoms with E-state index >= 15 is 0 Å². The molecule has 0 spiro atoms. The van der Waals surface area contributed by atoms with Crippen molar-refractivity contribution in [2.45, 2.75) is 52.3 Å². The zero-order chi connectivity index (χ0) is 16.5. The molecule has 0 aliphatic carbocycles. The molecule has 4 nitrogen and oxygen atoms in total. The van der Waals surface area contributed by atoms with Crippen LogP contribution in [-0.2, 0) is 4.74 Å². The lowest BCUT2D eigenvalue weighted by molar-refractivity contribution is 0.00695. The predicted molar refractivity (Wildman–Crippen MR) is 90.5 cm³/mol. The van der Waals surface area contributed by atoms with Crippen LogP contribution in [0.2, 0.25) is 0 Å². The van der Waals surface area contributed by atoms with Gasteiger partial charge in [-0.25, -0.2) is 4.79 Å². The minimum absolute atomic E-state index is 0.265. The van der Waals surface area contributed by atoms with Crippen LogP contribution in [0.1, 0.15) is 45.0 Å². The van der Waals surface area contributed by atoms with Crippen LogP contribution in [-0.4, -0.2) is 48.7 Å². The van der Waals surface area contributed by atoms with E-state index in [1.807, 2.05) is 45.0 Å². The second-order valence-electron chi connectivity index (χ2n) is 7.32. The maximum atomic E-state index is 12.1. The molecule has 1 saturated heterocycles. The van der Waals surface area contributed by atoms with Crippen molar-refractivity contribution in [1.29, 1.82) is 0 Å². The van der Waals surface area contributed by atoms with Gasteiger partial charge in [-0.05, 0) is 65.9 Å². The van der Waals surface area contributed by atoms with Crippen molar-refractivity contribution in [3.05, 3.63) is 29.8 Å². The van der Waals surface area contributed by atoms with Gasteiger partial charge in [0.1, 0.15) is 5.60 Å². The van der Waals surface area contributed by atoms with Gasteiger partial charge in [-0.3, -0.25) is 4.90 Å². The van der Waals surface area contributed by atoms with Crippen LogP contribution in [0.4, 0.5) is 5.69 Å². The lowest BCUT2D eigenvalue weighted by Gasteiger charge is -2.43. The molecule has 0 bridgehead atoms. The number of nitrogens with zero attached hydrogens (tertiary/aromatic N) is 2. The second kappa shape index (κ2) is 6.29. The number of ether oxygens (including phenoxy) is 1. The molecule has 0 aromatic heterocycles. The van der Waals surface area contributed by atoms with Crippen molar-refractivity contribution < 1.29 is 9.53 Å². The van der Waals surface area contributed by atoms with E-state index in [1.165, 1.54) is 5.69 Å². The molecule has 122 valence electrons. The largest absolute Gasteiger partial charge is 0.456 e. The molecule has 4 heteroatoms. The van der Waals surface area contributed by atoms with Gasteiger partial charge >= 0.3 is 5.97 Å². The molecule has 0 N–H and O–H groups in total. The van der Waals surface area contributed by atoms with Gasteiger partial charge in [-0.2, -0.15) is 0 Å². The molecule has 1 heterocycles. The SMILES string of the molecule is C[C@@H]1CN(c2ccc(C(=O)OC(C)(C)C)cc2)C[C@H](C)N1C. The number of likely N-dealkylation sites (N-methyl/N-ethyl adjacent to an activating group) is 1. The van der Waals surface area contributed by atoms with Crippen molar-refractivity contribution in [2.75, 3.05) is 25.0 Å². The summed E-state index contributed by atoms with van der Waals surface area (Å²) < 4.78 is 5.40. The van der Waals surface area contributed by atoms with Crippen molar-refractivity contribution in [3.8, 4) is 0 Å². The van der Waals surface area contributed by atoms with Crippen molar-refractivity contribution in [3.63, 3.8) is 0 Å². The summed E-state index contributed by atoms with van der Waals surface area (Å²) in [6.45, 7) is 12.2. The Morgan fingerprint density at radius 2 is 1.59 bits per heavy atom. The summed E-state index contributed by atoms with van der Waals surface area (Å²) in [5.41, 5.74) is 1.31. The Kier molecular flexibility index (Phi) is 4.81. The smallest absolute Gasteiger partial charge is 0.338 e. The van der Waals surface area contributed by atoms with Crippen LogP contribution in [0.3, 0.4) is 0 Å². The summed E-state index contributed by atoms with van der Waals surface area (Å²) in [4.78, 5) is 16.8. The third kappa shape index (κ3) is 4.01. The molecule has 2 atom stereocenters. The Balaban J connectivity index is 2.07. The zero-order valence-electron chi connectivity index (χ0n) is 14.6. The Bertz CT molecular complexity index is 507. The number of anilines is 1. The van der Waals surface area contributed by atoms with Crippen LogP contribution in [0.15, 0.2) is 24.3 Å². The number of hydrogen-bond donors (Lipinski definition) is 0. The quantitative estimate of drug-likeness (QED) is 0.786. The van der Waals surface area contributed by atoms with E-state index in [-0.39, 0.29) is 5.97 Å². The third-order valence-electron chi connectivity index (χ3n) is 4.23. The molecule has 1 aliphatic heterocycles. The summed E-state index contributed by atoms with van der Waals surface area (Å²) in [6.07, 6.45) is 0. The molecule has 0 amide bonds. The fourth-order valence-electron chi connectivity index (χ4n) is 2.76. The molecule has 1 aliphatic rings. The fourth-order valence-corrected chi connectivity index (χ4v) is 2.76. The van der Waals surface area contributed by atoms with E-state index in [4.69, 9.17) is 4.74 Å². The summed E-state index contributed by atoms with van der Waals surface area (Å²) in [7, 11) is 2.18. The molecule has 0 saturated carbocycles. The Hall–Kier alpha value is -1.55. The van der Waals surface area contributed by atoms with Crippen molar-refractivity contribution in [1.82, 2.24) is 4.90 Å². The average molecular weight is 304 g/mol. The standard InChI is InChI=1S/C18H28N2O2/c1-13-11-20(12-14(2)19(13)6)16-9-7-15(8-10-16)17(21)22-18(3,4)5/h7-10,13-14H,11-12H2,1-6H3/t13-,14+. The van der Waals surface area contributed by atoms with Crippen LogP contribution in [0.25, 0.3) is 0 Å².